The van der Waals surface area contributed by atoms with Gasteiger partial charge in [-0.2, -0.15) is 0 Å². The maximum Gasteiger partial charge on any atom is 0.134 e. The van der Waals surface area contributed by atoms with Crippen molar-refractivity contribution < 1.29 is 4.42 Å². The van der Waals surface area contributed by atoms with Gasteiger partial charge in [0.25, 0.3) is 0 Å². The molecule has 3 aliphatic rings. The molecule has 1 aliphatic heterocycles. The highest BCUT2D eigenvalue weighted by molar-refractivity contribution is 6.76. The Morgan fingerprint density at radius 3 is 2.56 bits per heavy atom. The van der Waals surface area contributed by atoms with Crippen LogP contribution < -0.4 is 5.32 Å². The number of allylic oxidation sites excluding steroid dienone is 4. The van der Waals surface area contributed by atoms with Gasteiger partial charge in [0.1, 0.15) is 19.6 Å². The van der Waals surface area contributed by atoms with Gasteiger partial charge in [0.15, 0.2) is 0 Å². The predicted molar refractivity (Wildman–Crippen MR) is 115 cm³/mol. The fraction of sp³-hybridized carbons (Fsp3) is 0.478. The fourth-order valence-electron chi connectivity index (χ4n) is 5.76. The first-order valence-corrected chi connectivity index (χ1v) is 13.5. The summed E-state index contributed by atoms with van der Waals surface area (Å²) in [6.07, 6.45) is 10.7. The molecule has 2 aromatic rings. The van der Waals surface area contributed by atoms with Crippen LogP contribution in [0.5, 0.6) is 0 Å². The Labute approximate surface area is 163 Å². The van der Waals surface area contributed by atoms with Gasteiger partial charge in [-0.3, -0.25) is 0 Å². The summed E-state index contributed by atoms with van der Waals surface area (Å²) in [6, 6.07) is 10.7. The second-order valence-corrected chi connectivity index (χ2v) is 13.6. The first kappa shape index (κ1) is 17.5. The quantitative estimate of drug-likeness (QED) is 0.781. The summed E-state index contributed by atoms with van der Waals surface area (Å²) in [7, 11) is -1.52. The molecule has 2 fully saturated rings. The zero-order chi connectivity index (χ0) is 18.4. The summed E-state index contributed by atoms with van der Waals surface area (Å²) in [5.41, 5.74) is 1.81. The minimum Gasteiger partial charge on any atom is -0.461 e. The first-order chi connectivity index (χ1) is 13.1. The lowest BCUT2D eigenvalue weighted by Crippen LogP contribution is -2.59. The molecule has 0 radical (unpaired) electrons. The Kier molecular flexibility index (Phi) is 4.38. The zero-order valence-electron chi connectivity index (χ0n) is 16.4. The average molecular weight is 379 g/mol. The molecule has 27 heavy (non-hydrogen) atoms. The SMILES string of the molecule is C[Si](C)(C1CC(c2cc3ccccc3o2)C2C=CC=CC21)N1CCNCC1. The molecule has 4 atom stereocenters. The zero-order valence-corrected chi connectivity index (χ0v) is 17.4. The molecule has 2 aliphatic carbocycles. The minimum absolute atomic E-state index is 0.503. The highest BCUT2D eigenvalue weighted by Crippen LogP contribution is 2.57. The van der Waals surface area contributed by atoms with E-state index < -0.39 is 8.24 Å². The molecule has 4 heteroatoms. The van der Waals surface area contributed by atoms with Crippen LogP contribution in [0.2, 0.25) is 18.6 Å². The van der Waals surface area contributed by atoms with Crippen molar-refractivity contribution in [2.45, 2.75) is 31.0 Å². The van der Waals surface area contributed by atoms with Crippen molar-refractivity contribution in [1.29, 1.82) is 0 Å². The lowest BCUT2D eigenvalue weighted by Gasteiger charge is -2.45. The number of nitrogens with one attached hydrogen (secondary N) is 1. The Morgan fingerprint density at radius 1 is 1.04 bits per heavy atom. The Hall–Kier alpha value is -1.62. The first-order valence-electron chi connectivity index (χ1n) is 10.4. The summed E-state index contributed by atoms with van der Waals surface area (Å²) in [4.78, 5) is 0. The Morgan fingerprint density at radius 2 is 1.78 bits per heavy atom. The van der Waals surface area contributed by atoms with Crippen molar-refractivity contribution in [2.75, 3.05) is 26.2 Å². The van der Waals surface area contributed by atoms with E-state index in [0.717, 1.165) is 24.2 Å². The van der Waals surface area contributed by atoms with Crippen LogP contribution in [0.25, 0.3) is 11.0 Å². The van der Waals surface area contributed by atoms with Crippen molar-refractivity contribution in [2.24, 2.45) is 11.8 Å². The van der Waals surface area contributed by atoms with Crippen molar-refractivity contribution in [1.82, 2.24) is 9.88 Å². The predicted octanol–water partition coefficient (Wildman–Crippen LogP) is 4.76. The number of piperazine rings is 1. The topological polar surface area (TPSA) is 28.4 Å². The normalized spacial score (nSPS) is 31.5. The molecule has 5 rings (SSSR count). The van der Waals surface area contributed by atoms with Gasteiger partial charge in [-0.25, -0.2) is 0 Å². The number of fused-ring (bicyclic) bond motifs is 2. The van der Waals surface area contributed by atoms with Crippen molar-refractivity contribution in [3.8, 4) is 0 Å². The van der Waals surface area contributed by atoms with E-state index in [-0.39, 0.29) is 0 Å². The number of nitrogens with zero attached hydrogens (tertiary/aromatic N) is 1. The van der Waals surface area contributed by atoms with Crippen LogP contribution in [0.1, 0.15) is 18.1 Å². The average Bonchev–Trinajstić information content (AvgIpc) is 3.30. The molecule has 0 amide bonds. The van der Waals surface area contributed by atoms with Crippen LogP contribution >= 0.6 is 0 Å². The number of benzene rings is 1. The second-order valence-electron chi connectivity index (χ2n) is 8.95. The molecule has 1 N–H and O–H groups in total. The van der Waals surface area contributed by atoms with Crippen LogP contribution in [0, 0.1) is 11.8 Å². The van der Waals surface area contributed by atoms with E-state index in [1.165, 1.54) is 30.7 Å². The molecule has 1 saturated carbocycles. The van der Waals surface area contributed by atoms with Gasteiger partial charge < -0.3 is 14.3 Å². The van der Waals surface area contributed by atoms with E-state index in [1.807, 2.05) is 0 Å². The Balaban J connectivity index is 1.49. The van der Waals surface area contributed by atoms with Gasteiger partial charge in [0, 0.05) is 37.5 Å². The third kappa shape index (κ3) is 2.95. The number of hydrogen-bond acceptors (Lipinski definition) is 3. The van der Waals surface area contributed by atoms with E-state index in [4.69, 9.17) is 4.42 Å². The summed E-state index contributed by atoms with van der Waals surface area (Å²) in [5.74, 6) is 2.93. The second kappa shape index (κ2) is 6.76. The maximum atomic E-state index is 6.34. The monoisotopic (exact) mass is 378 g/mol. The number of hydrogen-bond donors (Lipinski definition) is 1. The summed E-state index contributed by atoms with van der Waals surface area (Å²) < 4.78 is 9.19. The summed E-state index contributed by atoms with van der Waals surface area (Å²) in [5, 5.41) is 4.76. The van der Waals surface area contributed by atoms with Crippen LogP contribution in [0.3, 0.4) is 0 Å². The van der Waals surface area contributed by atoms with Gasteiger partial charge >= 0.3 is 0 Å². The van der Waals surface area contributed by atoms with Crippen LogP contribution in [-0.4, -0.2) is 39.0 Å². The largest absolute Gasteiger partial charge is 0.461 e. The number of furan rings is 1. The summed E-state index contributed by atoms with van der Waals surface area (Å²) in [6.45, 7) is 9.91. The molecule has 0 bridgehead atoms. The Bertz CT molecular complexity index is 844. The van der Waals surface area contributed by atoms with E-state index in [9.17, 15) is 0 Å². The molecule has 1 saturated heterocycles. The lowest BCUT2D eigenvalue weighted by atomic mass is 9.85. The van der Waals surface area contributed by atoms with Crippen molar-refractivity contribution >= 4 is 19.2 Å². The van der Waals surface area contributed by atoms with Crippen LogP contribution in [0.4, 0.5) is 0 Å². The molecular formula is C23H30N2OSi. The lowest BCUT2D eigenvalue weighted by molar-refractivity contribution is 0.346. The summed E-state index contributed by atoms with van der Waals surface area (Å²) >= 11 is 0. The minimum atomic E-state index is -1.52. The van der Waals surface area contributed by atoms with E-state index >= 15 is 0 Å². The van der Waals surface area contributed by atoms with Gasteiger partial charge in [-0.05, 0) is 35.9 Å². The van der Waals surface area contributed by atoms with Gasteiger partial charge in [0.2, 0.25) is 0 Å². The molecule has 142 valence electrons. The smallest absolute Gasteiger partial charge is 0.134 e. The number of rotatable bonds is 3. The molecule has 1 aromatic carbocycles. The van der Waals surface area contributed by atoms with Crippen LogP contribution in [0.15, 0.2) is 59.1 Å². The molecule has 2 heterocycles. The highest BCUT2D eigenvalue weighted by Gasteiger charge is 2.51. The van der Waals surface area contributed by atoms with E-state index in [2.05, 4.69) is 77.6 Å². The van der Waals surface area contributed by atoms with Crippen molar-refractivity contribution in [3.05, 3.63) is 60.4 Å². The van der Waals surface area contributed by atoms with Crippen LogP contribution in [-0.2, 0) is 0 Å². The maximum absolute atomic E-state index is 6.34. The molecule has 3 nitrogen and oxygen atoms in total. The fourth-order valence-corrected chi connectivity index (χ4v) is 9.71. The number of para-hydroxylation sites is 1. The highest BCUT2D eigenvalue weighted by atomic mass is 28.3. The molecular weight excluding hydrogens is 348 g/mol. The molecule has 4 unspecified atom stereocenters. The van der Waals surface area contributed by atoms with Gasteiger partial charge in [-0.1, -0.05) is 55.6 Å². The third-order valence-electron chi connectivity index (χ3n) is 7.31. The van der Waals surface area contributed by atoms with Gasteiger partial charge in [-0.15, -0.1) is 0 Å². The van der Waals surface area contributed by atoms with Gasteiger partial charge in [0.05, 0.1) is 0 Å². The van der Waals surface area contributed by atoms with E-state index in [0.29, 0.717) is 17.8 Å². The molecule has 0 spiro atoms. The van der Waals surface area contributed by atoms with E-state index in [1.54, 1.807) is 0 Å². The molecule has 1 aromatic heterocycles. The van der Waals surface area contributed by atoms with Crippen molar-refractivity contribution in [3.63, 3.8) is 0 Å². The standard InChI is InChI=1S/C23H30N2OSi/c1-27(2,25-13-11-24-12-14-25)23-16-20(18-8-4-5-9-19(18)23)22-15-17-7-3-6-10-21(17)26-22/h3-10,15,18-20,23-24H,11-14,16H2,1-2H3. The third-order valence-corrected chi connectivity index (χ3v) is 11.8.